The fourth-order valence-corrected chi connectivity index (χ4v) is 3.48. The van der Waals surface area contributed by atoms with Crippen molar-refractivity contribution in [3.63, 3.8) is 0 Å². The molecule has 0 amide bonds. The van der Waals surface area contributed by atoms with Crippen LogP contribution in [0.15, 0.2) is 42.5 Å². The number of aryl methyl sites for hydroxylation is 1. The van der Waals surface area contributed by atoms with Gasteiger partial charge in [-0.15, -0.1) is 0 Å². The van der Waals surface area contributed by atoms with Crippen LogP contribution in [0.4, 0.5) is 0 Å². The van der Waals surface area contributed by atoms with Gasteiger partial charge in [-0.3, -0.25) is 0 Å². The zero-order valence-corrected chi connectivity index (χ0v) is 16.7. The molecule has 1 N–H and O–H groups in total. The van der Waals surface area contributed by atoms with Crippen molar-refractivity contribution in [1.82, 2.24) is 5.32 Å². The minimum absolute atomic E-state index is 0.410. The molecular formula is C23H33NO2. The lowest BCUT2D eigenvalue weighted by molar-refractivity contribution is 0.329. The average molecular weight is 356 g/mol. The Morgan fingerprint density at radius 1 is 1.04 bits per heavy atom. The average Bonchev–Trinajstić information content (AvgIpc) is 2.67. The third-order valence-corrected chi connectivity index (χ3v) is 4.81. The molecule has 1 unspecified atom stereocenters. The summed E-state index contributed by atoms with van der Waals surface area (Å²) in [6.07, 6.45) is 4.41. The minimum atomic E-state index is 0.410. The molecule has 2 aromatic rings. The van der Waals surface area contributed by atoms with Gasteiger partial charge in [0.15, 0.2) is 0 Å². The molecular weight excluding hydrogens is 322 g/mol. The largest absolute Gasteiger partial charge is 0.497 e. The van der Waals surface area contributed by atoms with Crippen molar-refractivity contribution in [1.29, 1.82) is 0 Å². The topological polar surface area (TPSA) is 30.5 Å². The molecule has 3 nitrogen and oxygen atoms in total. The lowest BCUT2D eigenvalue weighted by atomic mass is 9.86. The van der Waals surface area contributed by atoms with Crippen LogP contribution in [-0.2, 0) is 12.8 Å². The second-order valence-corrected chi connectivity index (χ2v) is 6.65. The molecule has 0 saturated carbocycles. The molecule has 3 heteroatoms. The zero-order chi connectivity index (χ0) is 18.8. The van der Waals surface area contributed by atoms with Gasteiger partial charge in [0.2, 0.25) is 0 Å². The molecule has 0 aliphatic heterocycles. The van der Waals surface area contributed by atoms with Crippen molar-refractivity contribution in [2.45, 2.75) is 45.4 Å². The standard InChI is InChI=1S/C23H33NO2/c1-5-9-18-10-7-8-11-19(18)16-20(14-15-24-3)22-13-12-21(25-4)17-23(22)26-6-2/h7-8,10-13,17,20,24H,5-6,9,14-16H2,1-4H3. The molecule has 0 spiro atoms. The molecule has 2 rings (SSSR count). The Balaban J connectivity index is 2.35. The number of hydrogen-bond acceptors (Lipinski definition) is 3. The van der Waals surface area contributed by atoms with E-state index in [-0.39, 0.29) is 0 Å². The van der Waals surface area contributed by atoms with Gasteiger partial charge in [-0.2, -0.15) is 0 Å². The number of nitrogens with one attached hydrogen (secondary N) is 1. The highest BCUT2D eigenvalue weighted by atomic mass is 16.5. The van der Waals surface area contributed by atoms with Gasteiger partial charge in [0, 0.05) is 6.07 Å². The first-order valence-electron chi connectivity index (χ1n) is 9.75. The van der Waals surface area contributed by atoms with Crippen molar-refractivity contribution in [3.05, 3.63) is 59.2 Å². The normalized spacial score (nSPS) is 12.0. The number of hydrogen-bond donors (Lipinski definition) is 1. The summed E-state index contributed by atoms with van der Waals surface area (Å²) in [5, 5.41) is 3.30. The van der Waals surface area contributed by atoms with Crippen LogP contribution in [0.3, 0.4) is 0 Å². The molecule has 0 fully saturated rings. The predicted octanol–water partition coefficient (Wildman–Crippen LogP) is 4.98. The summed E-state index contributed by atoms with van der Waals surface area (Å²) >= 11 is 0. The number of benzene rings is 2. The number of ether oxygens (including phenoxy) is 2. The quantitative estimate of drug-likeness (QED) is 0.616. The Hall–Kier alpha value is -2.00. The second-order valence-electron chi connectivity index (χ2n) is 6.65. The van der Waals surface area contributed by atoms with E-state index in [0.29, 0.717) is 12.5 Å². The van der Waals surface area contributed by atoms with Gasteiger partial charge < -0.3 is 14.8 Å². The first kappa shape index (κ1) is 20.3. The van der Waals surface area contributed by atoms with Gasteiger partial charge in [-0.05, 0) is 68.5 Å². The Morgan fingerprint density at radius 3 is 2.46 bits per heavy atom. The first-order chi connectivity index (χ1) is 12.7. The van der Waals surface area contributed by atoms with Crippen LogP contribution in [0.1, 0.15) is 49.3 Å². The molecule has 0 radical (unpaired) electrons. The lowest BCUT2D eigenvalue weighted by Crippen LogP contribution is -2.15. The smallest absolute Gasteiger partial charge is 0.126 e. The van der Waals surface area contributed by atoms with Crippen molar-refractivity contribution in [2.24, 2.45) is 0 Å². The van der Waals surface area contributed by atoms with Crippen molar-refractivity contribution < 1.29 is 9.47 Å². The van der Waals surface area contributed by atoms with E-state index < -0.39 is 0 Å². The Kier molecular flexibility index (Phi) is 8.49. The highest BCUT2D eigenvalue weighted by Gasteiger charge is 2.19. The molecule has 0 aromatic heterocycles. The third-order valence-electron chi connectivity index (χ3n) is 4.81. The van der Waals surface area contributed by atoms with Crippen LogP contribution in [0.2, 0.25) is 0 Å². The van der Waals surface area contributed by atoms with Crippen molar-refractivity contribution >= 4 is 0 Å². The predicted molar refractivity (Wildman–Crippen MR) is 110 cm³/mol. The van der Waals surface area contributed by atoms with Crippen LogP contribution in [0, 0.1) is 0 Å². The monoisotopic (exact) mass is 355 g/mol. The molecule has 0 bridgehead atoms. The van der Waals surface area contributed by atoms with Crippen LogP contribution >= 0.6 is 0 Å². The molecule has 0 aliphatic rings. The minimum Gasteiger partial charge on any atom is -0.497 e. The second kappa shape index (κ2) is 10.9. The maximum absolute atomic E-state index is 5.96. The van der Waals surface area contributed by atoms with Crippen LogP contribution in [-0.4, -0.2) is 27.3 Å². The SMILES string of the molecule is CCCc1ccccc1CC(CCNC)c1ccc(OC)cc1OCC. The van der Waals surface area contributed by atoms with Crippen molar-refractivity contribution in [3.8, 4) is 11.5 Å². The molecule has 142 valence electrons. The van der Waals surface area contributed by atoms with E-state index in [2.05, 4.69) is 42.6 Å². The molecule has 26 heavy (non-hydrogen) atoms. The number of rotatable bonds is 11. The van der Waals surface area contributed by atoms with E-state index >= 15 is 0 Å². The van der Waals surface area contributed by atoms with E-state index in [0.717, 1.165) is 37.3 Å². The summed E-state index contributed by atoms with van der Waals surface area (Å²) in [5.41, 5.74) is 4.19. The third kappa shape index (κ3) is 5.50. The van der Waals surface area contributed by atoms with Gasteiger partial charge >= 0.3 is 0 Å². The van der Waals surface area contributed by atoms with Gasteiger partial charge in [0.1, 0.15) is 11.5 Å². The summed E-state index contributed by atoms with van der Waals surface area (Å²) in [6.45, 7) is 5.91. The van der Waals surface area contributed by atoms with E-state index in [1.165, 1.54) is 23.1 Å². The first-order valence-corrected chi connectivity index (χ1v) is 9.75. The summed E-state index contributed by atoms with van der Waals surface area (Å²) in [4.78, 5) is 0. The summed E-state index contributed by atoms with van der Waals surface area (Å²) < 4.78 is 11.3. The van der Waals surface area contributed by atoms with Gasteiger partial charge in [-0.25, -0.2) is 0 Å². The van der Waals surface area contributed by atoms with Gasteiger partial charge in [0.25, 0.3) is 0 Å². The van der Waals surface area contributed by atoms with Gasteiger partial charge in [-0.1, -0.05) is 43.7 Å². The van der Waals surface area contributed by atoms with Crippen LogP contribution < -0.4 is 14.8 Å². The Labute approximate surface area is 158 Å². The molecule has 0 heterocycles. The Morgan fingerprint density at radius 2 is 1.81 bits per heavy atom. The van der Waals surface area contributed by atoms with E-state index in [1.54, 1.807) is 7.11 Å². The molecule has 0 aliphatic carbocycles. The van der Waals surface area contributed by atoms with Crippen LogP contribution in [0.5, 0.6) is 11.5 Å². The fraction of sp³-hybridized carbons (Fsp3) is 0.478. The molecule has 2 aromatic carbocycles. The van der Waals surface area contributed by atoms with Gasteiger partial charge in [0.05, 0.1) is 13.7 Å². The summed E-state index contributed by atoms with van der Waals surface area (Å²) in [5.74, 6) is 2.20. The van der Waals surface area contributed by atoms with E-state index in [9.17, 15) is 0 Å². The van der Waals surface area contributed by atoms with E-state index in [1.807, 2.05) is 26.1 Å². The highest BCUT2D eigenvalue weighted by molar-refractivity contribution is 5.44. The lowest BCUT2D eigenvalue weighted by Gasteiger charge is -2.22. The fourth-order valence-electron chi connectivity index (χ4n) is 3.48. The molecule has 1 atom stereocenters. The summed E-state index contributed by atoms with van der Waals surface area (Å²) in [6, 6.07) is 15.1. The maximum atomic E-state index is 5.96. The summed E-state index contributed by atoms with van der Waals surface area (Å²) in [7, 11) is 3.71. The highest BCUT2D eigenvalue weighted by Crippen LogP contribution is 2.35. The number of methoxy groups -OCH3 is 1. The van der Waals surface area contributed by atoms with Crippen LogP contribution in [0.25, 0.3) is 0 Å². The maximum Gasteiger partial charge on any atom is 0.126 e. The van der Waals surface area contributed by atoms with E-state index in [4.69, 9.17) is 9.47 Å². The Bertz CT molecular complexity index is 669. The zero-order valence-electron chi connectivity index (χ0n) is 16.7. The molecule has 0 saturated heterocycles. The van der Waals surface area contributed by atoms with Crippen molar-refractivity contribution in [2.75, 3.05) is 27.3 Å².